The summed E-state index contributed by atoms with van der Waals surface area (Å²) in [7, 11) is 0. The predicted molar refractivity (Wildman–Crippen MR) is 146 cm³/mol. The van der Waals surface area contributed by atoms with Crippen LogP contribution in [0.4, 0.5) is 5.69 Å². The number of ether oxygens (including phenoxy) is 1. The molecule has 2 aromatic rings. The maximum absolute atomic E-state index is 13.2. The molecule has 0 spiro atoms. The molecule has 187 valence electrons. The summed E-state index contributed by atoms with van der Waals surface area (Å²) in [6.45, 7) is 10.5. The quantitative estimate of drug-likeness (QED) is 0.238. The van der Waals surface area contributed by atoms with Crippen molar-refractivity contribution in [3.63, 3.8) is 0 Å². The summed E-state index contributed by atoms with van der Waals surface area (Å²) in [6.07, 6.45) is 13.4. The molecular formula is C31H46NO2. The van der Waals surface area contributed by atoms with Gasteiger partial charge in [0.2, 0.25) is 0 Å². The summed E-state index contributed by atoms with van der Waals surface area (Å²) in [5.41, 5.74) is 4.68. The summed E-state index contributed by atoms with van der Waals surface area (Å²) in [6, 6.07) is 14.7. The Morgan fingerprint density at radius 2 is 1.47 bits per heavy atom. The Balaban J connectivity index is 2.15. The molecule has 1 atom stereocenters. The Morgan fingerprint density at radius 1 is 0.824 bits per heavy atom. The third-order valence-electron chi connectivity index (χ3n) is 6.31. The predicted octanol–water partition coefficient (Wildman–Crippen LogP) is 8.49. The molecule has 1 unspecified atom stereocenters. The number of anilines is 1. The fraction of sp³-hybridized carbons (Fsp3) is 0.548. The van der Waals surface area contributed by atoms with E-state index < -0.39 is 6.10 Å². The zero-order chi connectivity index (χ0) is 24.6. The number of carbonyl (C=O) groups is 1. The number of nitrogens with one attached hydrogen (secondary N) is 1. The Hall–Kier alpha value is -2.29. The van der Waals surface area contributed by atoms with Crippen molar-refractivity contribution in [3.8, 4) is 5.75 Å². The van der Waals surface area contributed by atoms with Crippen molar-refractivity contribution < 1.29 is 9.53 Å². The van der Waals surface area contributed by atoms with Crippen LogP contribution in [-0.4, -0.2) is 12.0 Å². The van der Waals surface area contributed by atoms with E-state index in [0.29, 0.717) is 6.42 Å². The van der Waals surface area contributed by atoms with E-state index >= 15 is 0 Å². The molecule has 0 saturated heterocycles. The monoisotopic (exact) mass is 464 g/mol. The van der Waals surface area contributed by atoms with Gasteiger partial charge < -0.3 is 10.1 Å². The van der Waals surface area contributed by atoms with Gasteiger partial charge in [-0.3, -0.25) is 4.79 Å². The van der Waals surface area contributed by atoms with Gasteiger partial charge >= 0.3 is 0 Å². The van der Waals surface area contributed by atoms with E-state index in [1.165, 1.54) is 48.8 Å². The normalized spacial score (nSPS) is 11.9. The third-order valence-corrected chi connectivity index (χ3v) is 6.31. The number of hydrogen-bond donors (Lipinski definition) is 1. The van der Waals surface area contributed by atoms with Gasteiger partial charge in [0, 0.05) is 5.69 Å². The lowest BCUT2D eigenvalue weighted by atomic mass is 10.00. The lowest BCUT2D eigenvalue weighted by Crippen LogP contribution is -2.33. The van der Waals surface area contributed by atoms with Crippen molar-refractivity contribution >= 4 is 11.6 Å². The van der Waals surface area contributed by atoms with Crippen molar-refractivity contribution in [2.45, 2.75) is 110 Å². The smallest absolute Gasteiger partial charge is 0.265 e. The molecule has 0 aromatic heterocycles. The van der Waals surface area contributed by atoms with Crippen LogP contribution in [0.2, 0.25) is 0 Å². The van der Waals surface area contributed by atoms with Gasteiger partial charge in [-0.1, -0.05) is 84.1 Å². The first-order valence-electron chi connectivity index (χ1n) is 13.6. The molecule has 3 nitrogen and oxygen atoms in total. The second-order valence-corrected chi connectivity index (χ2v) is 9.39. The van der Waals surface area contributed by atoms with Crippen LogP contribution in [0.1, 0.15) is 102 Å². The lowest BCUT2D eigenvalue weighted by Gasteiger charge is -2.21. The number of aryl methyl sites for hydroxylation is 3. The Labute approximate surface area is 208 Å². The van der Waals surface area contributed by atoms with Gasteiger partial charge in [-0.25, -0.2) is 0 Å². The fourth-order valence-corrected chi connectivity index (χ4v) is 4.21. The van der Waals surface area contributed by atoms with Crippen LogP contribution in [-0.2, 0) is 24.1 Å². The topological polar surface area (TPSA) is 38.3 Å². The van der Waals surface area contributed by atoms with Gasteiger partial charge in [0.1, 0.15) is 5.75 Å². The molecule has 2 rings (SSSR count). The maximum Gasteiger partial charge on any atom is 0.265 e. The Bertz CT molecular complexity index is 828. The number of rotatable bonds is 17. The maximum atomic E-state index is 13.2. The van der Waals surface area contributed by atoms with E-state index in [0.717, 1.165) is 56.4 Å². The van der Waals surface area contributed by atoms with Crippen molar-refractivity contribution in [1.82, 2.24) is 0 Å². The average molecular weight is 465 g/mol. The van der Waals surface area contributed by atoms with Crippen LogP contribution in [0.3, 0.4) is 0 Å². The van der Waals surface area contributed by atoms with Crippen molar-refractivity contribution in [1.29, 1.82) is 0 Å². The third kappa shape index (κ3) is 9.91. The highest BCUT2D eigenvalue weighted by molar-refractivity contribution is 5.94. The van der Waals surface area contributed by atoms with Gasteiger partial charge in [0.25, 0.3) is 5.91 Å². The van der Waals surface area contributed by atoms with Crippen LogP contribution < -0.4 is 10.1 Å². The highest BCUT2D eigenvalue weighted by atomic mass is 16.5. The van der Waals surface area contributed by atoms with Gasteiger partial charge in [0.15, 0.2) is 6.10 Å². The summed E-state index contributed by atoms with van der Waals surface area (Å²) < 4.78 is 6.44. The molecule has 0 fully saturated rings. The Kier molecular flexibility index (Phi) is 13.4. The van der Waals surface area contributed by atoms with Crippen molar-refractivity contribution in [3.05, 3.63) is 66.1 Å². The molecule has 0 heterocycles. The van der Waals surface area contributed by atoms with Crippen LogP contribution in [0.25, 0.3) is 0 Å². The largest absolute Gasteiger partial charge is 0.480 e. The molecule has 1 radical (unpaired) electrons. The molecule has 3 heteroatoms. The zero-order valence-corrected chi connectivity index (χ0v) is 21.8. The van der Waals surface area contributed by atoms with E-state index in [-0.39, 0.29) is 5.91 Å². The molecule has 0 bridgehead atoms. The number of amides is 1. The zero-order valence-electron chi connectivity index (χ0n) is 21.8. The first-order valence-corrected chi connectivity index (χ1v) is 13.6. The minimum absolute atomic E-state index is 0.0649. The van der Waals surface area contributed by atoms with Crippen molar-refractivity contribution in [2.24, 2.45) is 0 Å². The van der Waals surface area contributed by atoms with Crippen LogP contribution in [0, 0.1) is 6.92 Å². The van der Waals surface area contributed by atoms with Crippen LogP contribution in [0.15, 0.2) is 42.5 Å². The highest BCUT2D eigenvalue weighted by Crippen LogP contribution is 2.26. The SMILES string of the molecule is [CH2]CCc1ccc(NC(=O)C(CCCC)Oc2ccc(CCCCC)cc2CCCCC)cc1. The van der Waals surface area contributed by atoms with Gasteiger partial charge in [-0.05, 0) is 86.3 Å². The molecule has 0 aliphatic carbocycles. The molecule has 0 aliphatic rings. The van der Waals surface area contributed by atoms with Gasteiger partial charge in [0.05, 0.1) is 0 Å². The van der Waals surface area contributed by atoms with E-state index in [9.17, 15) is 4.79 Å². The minimum atomic E-state index is -0.490. The molecule has 0 saturated carbocycles. The van der Waals surface area contributed by atoms with Crippen LogP contribution in [0.5, 0.6) is 5.75 Å². The fourth-order valence-electron chi connectivity index (χ4n) is 4.21. The van der Waals surface area contributed by atoms with E-state index in [4.69, 9.17) is 4.74 Å². The summed E-state index contributed by atoms with van der Waals surface area (Å²) in [5, 5.41) is 3.08. The summed E-state index contributed by atoms with van der Waals surface area (Å²) in [4.78, 5) is 13.2. The standard InChI is InChI=1S/C31H46NO2/c1-5-9-12-15-26-20-23-29(27(24-26)16-13-10-6-2)34-30(17-11-7-3)31(33)32-28-21-18-25(14-8-4)19-22-28/h18-24,30H,4-17H2,1-3H3,(H,32,33). The first-order chi connectivity index (χ1) is 16.6. The molecule has 0 aliphatic heterocycles. The minimum Gasteiger partial charge on any atom is -0.480 e. The first kappa shape index (κ1) is 28.0. The summed E-state index contributed by atoms with van der Waals surface area (Å²) in [5.74, 6) is 0.808. The van der Waals surface area contributed by atoms with E-state index in [1.807, 2.05) is 12.1 Å². The highest BCUT2D eigenvalue weighted by Gasteiger charge is 2.21. The summed E-state index contributed by atoms with van der Waals surface area (Å²) >= 11 is 0. The van der Waals surface area contributed by atoms with Crippen molar-refractivity contribution in [2.75, 3.05) is 5.32 Å². The second kappa shape index (κ2) is 16.4. The van der Waals surface area contributed by atoms with E-state index in [2.05, 4.69) is 63.3 Å². The van der Waals surface area contributed by atoms with E-state index in [1.54, 1.807) is 0 Å². The average Bonchev–Trinajstić information content (AvgIpc) is 2.84. The second-order valence-electron chi connectivity index (χ2n) is 9.39. The molecule has 34 heavy (non-hydrogen) atoms. The number of carbonyl (C=O) groups excluding carboxylic acids is 1. The molecule has 1 N–H and O–H groups in total. The van der Waals surface area contributed by atoms with Gasteiger partial charge in [-0.15, -0.1) is 0 Å². The molecule has 1 amide bonds. The number of unbranched alkanes of at least 4 members (excludes halogenated alkanes) is 5. The number of benzene rings is 2. The van der Waals surface area contributed by atoms with Crippen LogP contribution >= 0.6 is 0 Å². The molecule has 2 aromatic carbocycles. The molecular weight excluding hydrogens is 418 g/mol. The lowest BCUT2D eigenvalue weighted by molar-refractivity contribution is -0.123. The Morgan fingerprint density at radius 3 is 2.12 bits per heavy atom. The van der Waals surface area contributed by atoms with Gasteiger partial charge in [-0.2, -0.15) is 0 Å². The number of hydrogen-bond acceptors (Lipinski definition) is 2.